The second kappa shape index (κ2) is 7.74. The zero-order valence-electron chi connectivity index (χ0n) is 13.4. The summed E-state index contributed by atoms with van der Waals surface area (Å²) in [6.07, 6.45) is 0.965. The van der Waals surface area contributed by atoms with Gasteiger partial charge in [-0.2, -0.15) is 0 Å². The van der Waals surface area contributed by atoms with Gasteiger partial charge < -0.3 is 15.7 Å². The quantitative estimate of drug-likeness (QED) is 0.709. The lowest BCUT2D eigenvalue weighted by Crippen LogP contribution is -2.37. The van der Waals surface area contributed by atoms with Crippen molar-refractivity contribution in [2.75, 3.05) is 19.6 Å². The molecule has 2 heterocycles. The van der Waals surface area contributed by atoms with Crippen LogP contribution in [0.1, 0.15) is 5.56 Å². The lowest BCUT2D eigenvalue weighted by molar-refractivity contribution is -0.122. The van der Waals surface area contributed by atoms with Crippen LogP contribution in [-0.2, 0) is 11.3 Å². The van der Waals surface area contributed by atoms with Crippen molar-refractivity contribution < 1.29 is 9.90 Å². The number of aromatic nitrogens is 2. The topological polar surface area (TPSA) is 96.2 Å². The molecule has 1 amide bonds. The molecule has 24 heavy (non-hydrogen) atoms. The SMILES string of the molecule is Cc1cccc2c(=O)n(CC(=O)NCC3CNCC3O)cnc12.Cl. The van der Waals surface area contributed by atoms with E-state index in [2.05, 4.69) is 15.6 Å². The molecule has 1 aromatic heterocycles. The summed E-state index contributed by atoms with van der Waals surface area (Å²) >= 11 is 0. The van der Waals surface area contributed by atoms with Gasteiger partial charge in [-0.25, -0.2) is 4.98 Å². The van der Waals surface area contributed by atoms with Crippen LogP contribution in [0.2, 0.25) is 0 Å². The molecule has 1 saturated heterocycles. The number of carbonyl (C=O) groups is 1. The van der Waals surface area contributed by atoms with E-state index in [0.29, 0.717) is 30.5 Å². The molecule has 3 rings (SSSR count). The fourth-order valence-electron chi connectivity index (χ4n) is 2.83. The van der Waals surface area contributed by atoms with E-state index in [4.69, 9.17) is 0 Å². The first-order valence-electron chi connectivity index (χ1n) is 7.66. The van der Waals surface area contributed by atoms with E-state index in [1.807, 2.05) is 13.0 Å². The number of halogens is 1. The molecule has 1 fully saturated rings. The van der Waals surface area contributed by atoms with Gasteiger partial charge in [-0.1, -0.05) is 12.1 Å². The van der Waals surface area contributed by atoms with E-state index < -0.39 is 6.10 Å². The van der Waals surface area contributed by atoms with E-state index in [1.54, 1.807) is 12.1 Å². The van der Waals surface area contributed by atoms with Gasteiger partial charge in [0.1, 0.15) is 6.54 Å². The second-order valence-electron chi connectivity index (χ2n) is 5.94. The molecule has 0 radical (unpaired) electrons. The van der Waals surface area contributed by atoms with Crippen molar-refractivity contribution in [3.05, 3.63) is 40.4 Å². The third kappa shape index (κ3) is 3.75. The third-order valence-corrected chi connectivity index (χ3v) is 4.23. The van der Waals surface area contributed by atoms with Crippen LogP contribution in [0.15, 0.2) is 29.3 Å². The molecule has 2 aromatic rings. The zero-order chi connectivity index (χ0) is 16.4. The van der Waals surface area contributed by atoms with Gasteiger partial charge in [0, 0.05) is 25.6 Å². The Labute approximate surface area is 145 Å². The maximum Gasteiger partial charge on any atom is 0.261 e. The molecule has 0 aliphatic carbocycles. The van der Waals surface area contributed by atoms with E-state index in [9.17, 15) is 14.7 Å². The van der Waals surface area contributed by atoms with E-state index in [0.717, 1.165) is 5.56 Å². The van der Waals surface area contributed by atoms with E-state index >= 15 is 0 Å². The molecule has 1 aliphatic rings. The van der Waals surface area contributed by atoms with Crippen molar-refractivity contribution >= 4 is 29.2 Å². The van der Waals surface area contributed by atoms with Gasteiger partial charge in [0.15, 0.2) is 0 Å². The van der Waals surface area contributed by atoms with Gasteiger partial charge in [0.2, 0.25) is 5.91 Å². The number of rotatable bonds is 4. The molecule has 0 saturated carbocycles. The number of nitrogens with one attached hydrogen (secondary N) is 2. The number of aliphatic hydroxyl groups is 1. The zero-order valence-corrected chi connectivity index (χ0v) is 14.2. The van der Waals surface area contributed by atoms with Gasteiger partial charge in [0.05, 0.1) is 23.3 Å². The Hall–Kier alpha value is -1.96. The van der Waals surface area contributed by atoms with E-state index in [1.165, 1.54) is 10.9 Å². The Bertz CT molecular complexity index is 792. The number of carbonyl (C=O) groups excluding carboxylic acids is 1. The number of aryl methyl sites for hydroxylation is 1. The monoisotopic (exact) mass is 352 g/mol. The minimum absolute atomic E-state index is 0. The number of amides is 1. The molecule has 0 bridgehead atoms. The highest BCUT2D eigenvalue weighted by Gasteiger charge is 2.25. The summed E-state index contributed by atoms with van der Waals surface area (Å²) in [6, 6.07) is 5.42. The van der Waals surface area contributed by atoms with Gasteiger partial charge in [-0.15, -0.1) is 12.4 Å². The normalized spacial score (nSPS) is 19.9. The smallest absolute Gasteiger partial charge is 0.261 e. The standard InChI is InChI=1S/C16H20N4O3.ClH/c1-10-3-2-4-12-15(10)19-9-20(16(12)23)8-14(22)18-6-11-5-17-7-13(11)21;/h2-4,9,11,13,17,21H,5-8H2,1H3,(H,18,22);1H. The third-order valence-electron chi connectivity index (χ3n) is 4.23. The van der Waals surface area contributed by atoms with Crippen LogP contribution in [0.3, 0.4) is 0 Å². The molecule has 2 unspecified atom stereocenters. The number of hydrogen-bond acceptors (Lipinski definition) is 5. The van der Waals surface area contributed by atoms with Gasteiger partial charge in [0.25, 0.3) is 5.56 Å². The van der Waals surface area contributed by atoms with Gasteiger partial charge >= 0.3 is 0 Å². The highest BCUT2D eigenvalue weighted by atomic mass is 35.5. The maximum absolute atomic E-state index is 12.4. The fraction of sp³-hybridized carbons (Fsp3) is 0.438. The number of benzene rings is 1. The van der Waals surface area contributed by atoms with Crippen LogP contribution in [0.5, 0.6) is 0 Å². The molecule has 130 valence electrons. The average Bonchev–Trinajstić information content (AvgIpc) is 2.94. The van der Waals surface area contributed by atoms with Crippen molar-refractivity contribution in [3.8, 4) is 0 Å². The summed E-state index contributed by atoms with van der Waals surface area (Å²) in [4.78, 5) is 28.7. The number of β-amino-alcohol motifs (C(OH)–C–C–N with tert-alkyl or cyclic N) is 1. The Kier molecular flexibility index (Phi) is 5.93. The number of fused-ring (bicyclic) bond motifs is 1. The minimum atomic E-state index is -0.441. The van der Waals surface area contributed by atoms with Gasteiger partial charge in [-0.3, -0.25) is 14.2 Å². The molecule has 1 aliphatic heterocycles. The first-order chi connectivity index (χ1) is 11.1. The van der Waals surface area contributed by atoms with Crippen LogP contribution in [-0.4, -0.2) is 46.3 Å². The van der Waals surface area contributed by atoms with Crippen molar-refractivity contribution in [1.29, 1.82) is 0 Å². The Morgan fingerprint density at radius 3 is 2.96 bits per heavy atom. The predicted molar refractivity (Wildman–Crippen MR) is 93.4 cm³/mol. The van der Waals surface area contributed by atoms with Crippen LogP contribution < -0.4 is 16.2 Å². The minimum Gasteiger partial charge on any atom is -0.391 e. The summed E-state index contributed by atoms with van der Waals surface area (Å²) in [5.74, 6) is -0.256. The van der Waals surface area contributed by atoms with Gasteiger partial charge in [-0.05, 0) is 18.6 Å². The van der Waals surface area contributed by atoms with Crippen molar-refractivity contribution in [2.24, 2.45) is 5.92 Å². The molecular weight excluding hydrogens is 332 g/mol. The van der Waals surface area contributed by atoms with Crippen LogP contribution >= 0.6 is 12.4 Å². The highest BCUT2D eigenvalue weighted by Crippen LogP contribution is 2.11. The Morgan fingerprint density at radius 2 is 2.25 bits per heavy atom. The second-order valence-corrected chi connectivity index (χ2v) is 5.94. The number of aliphatic hydroxyl groups excluding tert-OH is 1. The molecule has 7 nitrogen and oxygen atoms in total. The van der Waals surface area contributed by atoms with Crippen LogP contribution in [0, 0.1) is 12.8 Å². The number of nitrogens with zero attached hydrogens (tertiary/aromatic N) is 2. The summed E-state index contributed by atoms with van der Waals surface area (Å²) < 4.78 is 1.31. The lowest BCUT2D eigenvalue weighted by atomic mass is 10.1. The van der Waals surface area contributed by atoms with Crippen molar-refractivity contribution in [3.63, 3.8) is 0 Å². The molecule has 8 heteroatoms. The average molecular weight is 353 g/mol. The Balaban J connectivity index is 0.00000208. The van der Waals surface area contributed by atoms with Crippen LogP contribution in [0.25, 0.3) is 10.9 Å². The molecule has 3 N–H and O–H groups in total. The first-order valence-corrected chi connectivity index (χ1v) is 7.66. The number of para-hydroxylation sites is 1. The first kappa shape index (κ1) is 18.4. The highest BCUT2D eigenvalue weighted by molar-refractivity contribution is 5.85. The molecule has 0 spiro atoms. The summed E-state index contributed by atoms with van der Waals surface area (Å²) in [5.41, 5.74) is 1.37. The van der Waals surface area contributed by atoms with Crippen molar-refractivity contribution in [2.45, 2.75) is 19.6 Å². The Morgan fingerprint density at radius 1 is 1.46 bits per heavy atom. The molecule has 1 aromatic carbocycles. The summed E-state index contributed by atoms with van der Waals surface area (Å²) in [7, 11) is 0. The van der Waals surface area contributed by atoms with Crippen LogP contribution in [0.4, 0.5) is 0 Å². The number of hydrogen-bond donors (Lipinski definition) is 3. The maximum atomic E-state index is 12.4. The van der Waals surface area contributed by atoms with E-state index in [-0.39, 0.29) is 36.3 Å². The van der Waals surface area contributed by atoms with Crippen molar-refractivity contribution in [1.82, 2.24) is 20.2 Å². The summed E-state index contributed by atoms with van der Waals surface area (Å²) in [6.45, 7) is 3.44. The predicted octanol–water partition coefficient (Wildman–Crippen LogP) is -0.177. The molecule has 2 atom stereocenters. The fourth-order valence-corrected chi connectivity index (χ4v) is 2.83. The summed E-state index contributed by atoms with van der Waals surface area (Å²) in [5, 5.41) is 16.0. The lowest BCUT2D eigenvalue weighted by Gasteiger charge is -2.14. The largest absolute Gasteiger partial charge is 0.391 e. The molecular formula is C16H21ClN4O3.